The molecule has 0 saturated carbocycles. The molecule has 0 aromatic carbocycles. The highest BCUT2D eigenvalue weighted by Crippen LogP contribution is 2.28. The van der Waals surface area contributed by atoms with Gasteiger partial charge in [-0.05, 0) is 44.2 Å². The highest BCUT2D eigenvalue weighted by Gasteiger charge is 2.25. The SMILES string of the molecule is Cc1cc(C(=O)O)cnc1N1CCC(C)CC1C. The number of pyridine rings is 1. The molecule has 1 aliphatic rings. The quantitative estimate of drug-likeness (QED) is 0.874. The highest BCUT2D eigenvalue weighted by molar-refractivity contribution is 5.87. The van der Waals surface area contributed by atoms with Crippen LogP contribution in [0.4, 0.5) is 5.82 Å². The number of carboxylic acids is 1. The Bertz CT molecular complexity index is 459. The first kappa shape index (κ1) is 12.9. The van der Waals surface area contributed by atoms with Crippen LogP contribution in [-0.2, 0) is 0 Å². The van der Waals surface area contributed by atoms with Gasteiger partial charge in [0.1, 0.15) is 5.82 Å². The minimum absolute atomic E-state index is 0.259. The number of piperidine rings is 1. The molecule has 1 fully saturated rings. The second-order valence-electron chi connectivity index (χ2n) is 5.34. The number of aryl methyl sites for hydroxylation is 1. The maximum absolute atomic E-state index is 10.9. The fourth-order valence-electron chi connectivity index (χ4n) is 2.71. The van der Waals surface area contributed by atoms with E-state index in [1.807, 2.05) is 6.92 Å². The van der Waals surface area contributed by atoms with E-state index in [2.05, 4.69) is 23.7 Å². The monoisotopic (exact) mass is 248 g/mol. The lowest BCUT2D eigenvalue weighted by molar-refractivity contribution is 0.0696. The zero-order valence-electron chi connectivity index (χ0n) is 11.2. The number of aromatic nitrogens is 1. The van der Waals surface area contributed by atoms with Crippen LogP contribution in [0.15, 0.2) is 12.3 Å². The van der Waals surface area contributed by atoms with Crippen LogP contribution in [0.25, 0.3) is 0 Å². The van der Waals surface area contributed by atoms with E-state index in [0.717, 1.165) is 23.8 Å². The summed E-state index contributed by atoms with van der Waals surface area (Å²) in [6.45, 7) is 7.42. The van der Waals surface area contributed by atoms with Gasteiger partial charge in [0.05, 0.1) is 5.56 Å². The standard InChI is InChI=1S/C14H20N2O2/c1-9-4-5-16(11(3)6-9)13-10(2)7-12(8-15-13)14(17)18/h7-9,11H,4-6H2,1-3H3,(H,17,18). The zero-order chi connectivity index (χ0) is 13.3. The Kier molecular flexibility index (Phi) is 3.55. The van der Waals surface area contributed by atoms with Gasteiger partial charge in [-0.3, -0.25) is 0 Å². The molecule has 0 bridgehead atoms. The summed E-state index contributed by atoms with van der Waals surface area (Å²) in [7, 11) is 0. The van der Waals surface area contributed by atoms with Crippen LogP contribution >= 0.6 is 0 Å². The average molecular weight is 248 g/mol. The first-order chi connectivity index (χ1) is 8.49. The van der Waals surface area contributed by atoms with Gasteiger partial charge in [-0.1, -0.05) is 6.92 Å². The van der Waals surface area contributed by atoms with Crippen molar-refractivity contribution in [3.63, 3.8) is 0 Å². The molecular weight excluding hydrogens is 228 g/mol. The van der Waals surface area contributed by atoms with E-state index >= 15 is 0 Å². The van der Waals surface area contributed by atoms with Crippen molar-refractivity contribution in [2.75, 3.05) is 11.4 Å². The number of anilines is 1. The Hall–Kier alpha value is -1.58. The summed E-state index contributed by atoms with van der Waals surface area (Å²) >= 11 is 0. The molecule has 1 aliphatic heterocycles. The van der Waals surface area contributed by atoms with Crippen molar-refractivity contribution in [2.45, 2.75) is 39.7 Å². The smallest absolute Gasteiger partial charge is 0.337 e. The third-order valence-electron chi connectivity index (χ3n) is 3.71. The average Bonchev–Trinajstić information content (AvgIpc) is 2.30. The molecule has 2 heterocycles. The lowest BCUT2D eigenvalue weighted by Crippen LogP contribution is -2.41. The van der Waals surface area contributed by atoms with Crippen molar-refractivity contribution in [2.24, 2.45) is 5.92 Å². The molecule has 1 aromatic heterocycles. The molecule has 1 N–H and O–H groups in total. The molecule has 0 aliphatic carbocycles. The fraction of sp³-hybridized carbons (Fsp3) is 0.571. The second kappa shape index (κ2) is 4.96. The maximum atomic E-state index is 10.9. The largest absolute Gasteiger partial charge is 0.478 e. The van der Waals surface area contributed by atoms with Gasteiger partial charge in [-0.25, -0.2) is 9.78 Å². The zero-order valence-corrected chi connectivity index (χ0v) is 11.2. The molecule has 1 aromatic rings. The van der Waals surface area contributed by atoms with Crippen molar-refractivity contribution < 1.29 is 9.90 Å². The van der Waals surface area contributed by atoms with Crippen molar-refractivity contribution in [1.29, 1.82) is 0 Å². The summed E-state index contributed by atoms with van der Waals surface area (Å²) in [5.74, 6) is 0.770. The number of aromatic carboxylic acids is 1. The molecule has 18 heavy (non-hydrogen) atoms. The summed E-state index contributed by atoms with van der Waals surface area (Å²) in [4.78, 5) is 17.5. The van der Waals surface area contributed by atoms with E-state index in [0.29, 0.717) is 6.04 Å². The van der Waals surface area contributed by atoms with Gasteiger partial charge < -0.3 is 10.0 Å². The molecule has 2 atom stereocenters. The van der Waals surface area contributed by atoms with Crippen LogP contribution in [0.5, 0.6) is 0 Å². The lowest BCUT2D eigenvalue weighted by Gasteiger charge is -2.38. The summed E-state index contributed by atoms with van der Waals surface area (Å²) < 4.78 is 0. The molecule has 2 unspecified atom stereocenters. The van der Waals surface area contributed by atoms with E-state index in [-0.39, 0.29) is 5.56 Å². The molecule has 4 heteroatoms. The van der Waals surface area contributed by atoms with E-state index in [1.165, 1.54) is 19.0 Å². The van der Waals surface area contributed by atoms with Gasteiger partial charge in [-0.15, -0.1) is 0 Å². The number of nitrogens with zero attached hydrogens (tertiary/aromatic N) is 2. The third kappa shape index (κ3) is 2.47. The van der Waals surface area contributed by atoms with Crippen LogP contribution in [0, 0.1) is 12.8 Å². The first-order valence-electron chi connectivity index (χ1n) is 6.45. The van der Waals surface area contributed by atoms with Gasteiger partial charge in [0.25, 0.3) is 0 Å². The van der Waals surface area contributed by atoms with E-state index < -0.39 is 5.97 Å². The van der Waals surface area contributed by atoms with Crippen LogP contribution in [0.2, 0.25) is 0 Å². The molecule has 0 spiro atoms. The summed E-state index contributed by atoms with van der Waals surface area (Å²) in [5.41, 5.74) is 1.20. The van der Waals surface area contributed by atoms with Crippen molar-refractivity contribution in [3.8, 4) is 0 Å². The van der Waals surface area contributed by atoms with E-state index in [9.17, 15) is 4.79 Å². The van der Waals surface area contributed by atoms with Crippen LogP contribution < -0.4 is 4.90 Å². The number of hydrogen-bond acceptors (Lipinski definition) is 3. The fourth-order valence-corrected chi connectivity index (χ4v) is 2.71. The van der Waals surface area contributed by atoms with Crippen molar-refractivity contribution in [1.82, 2.24) is 4.98 Å². The van der Waals surface area contributed by atoms with Crippen molar-refractivity contribution in [3.05, 3.63) is 23.4 Å². The van der Waals surface area contributed by atoms with Crippen molar-refractivity contribution >= 4 is 11.8 Å². The third-order valence-corrected chi connectivity index (χ3v) is 3.71. The predicted octanol–water partition coefficient (Wildman–Crippen LogP) is 2.71. The first-order valence-corrected chi connectivity index (χ1v) is 6.45. The van der Waals surface area contributed by atoms with Crippen LogP contribution in [0.1, 0.15) is 42.6 Å². The summed E-state index contributed by atoms with van der Waals surface area (Å²) in [6.07, 6.45) is 3.80. The summed E-state index contributed by atoms with van der Waals surface area (Å²) in [5, 5.41) is 8.94. The van der Waals surface area contributed by atoms with Gasteiger partial charge in [0.2, 0.25) is 0 Å². The normalized spacial score (nSPS) is 24.1. The Morgan fingerprint density at radius 1 is 1.50 bits per heavy atom. The van der Waals surface area contributed by atoms with E-state index in [1.54, 1.807) is 6.07 Å². The molecular formula is C14H20N2O2. The minimum atomic E-state index is -0.919. The molecule has 98 valence electrons. The van der Waals surface area contributed by atoms with Gasteiger partial charge in [0, 0.05) is 18.8 Å². The Morgan fingerprint density at radius 3 is 2.78 bits per heavy atom. The van der Waals surface area contributed by atoms with Gasteiger partial charge in [-0.2, -0.15) is 0 Å². The van der Waals surface area contributed by atoms with Crippen LogP contribution in [-0.4, -0.2) is 28.6 Å². The summed E-state index contributed by atoms with van der Waals surface area (Å²) in [6, 6.07) is 2.17. The number of carboxylic acid groups (broad SMARTS) is 1. The maximum Gasteiger partial charge on any atom is 0.337 e. The molecule has 0 radical (unpaired) electrons. The highest BCUT2D eigenvalue weighted by atomic mass is 16.4. The number of rotatable bonds is 2. The predicted molar refractivity (Wildman–Crippen MR) is 71.1 cm³/mol. The Morgan fingerprint density at radius 2 is 2.22 bits per heavy atom. The van der Waals surface area contributed by atoms with E-state index in [4.69, 9.17) is 5.11 Å². The van der Waals surface area contributed by atoms with Gasteiger partial charge in [0.15, 0.2) is 0 Å². The Labute approximate surface area is 108 Å². The lowest BCUT2D eigenvalue weighted by atomic mass is 9.93. The Balaban J connectivity index is 2.26. The molecule has 0 amide bonds. The molecule has 1 saturated heterocycles. The number of hydrogen-bond donors (Lipinski definition) is 1. The number of carbonyl (C=O) groups is 1. The molecule has 4 nitrogen and oxygen atoms in total. The topological polar surface area (TPSA) is 53.4 Å². The van der Waals surface area contributed by atoms with Gasteiger partial charge >= 0.3 is 5.97 Å². The molecule has 2 rings (SSSR count). The van der Waals surface area contributed by atoms with Crippen LogP contribution in [0.3, 0.4) is 0 Å². The minimum Gasteiger partial charge on any atom is -0.478 e. The second-order valence-corrected chi connectivity index (χ2v) is 5.34.